The van der Waals surface area contributed by atoms with E-state index in [-0.39, 0.29) is 6.10 Å². The molecule has 3 aromatic rings. The summed E-state index contributed by atoms with van der Waals surface area (Å²) in [5, 5.41) is 4.56. The van der Waals surface area contributed by atoms with Gasteiger partial charge in [0.2, 0.25) is 0 Å². The van der Waals surface area contributed by atoms with Gasteiger partial charge in [-0.05, 0) is 36.2 Å². The molecule has 0 saturated heterocycles. The van der Waals surface area contributed by atoms with Crippen LogP contribution in [0.1, 0.15) is 24.4 Å². The molecule has 1 aliphatic heterocycles. The molecule has 1 aliphatic rings. The van der Waals surface area contributed by atoms with E-state index in [1.807, 2.05) is 24.3 Å². The molecule has 0 radical (unpaired) electrons. The van der Waals surface area contributed by atoms with Crippen LogP contribution >= 0.6 is 0 Å². The van der Waals surface area contributed by atoms with Crippen LogP contribution in [0.25, 0.3) is 11.0 Å². The first-order valence-electron chi connectivity index (χ1n) is 7.35. The third kappa shape index (κ3) is 2.15. The Morgan fingerprint density at radius 3 is 2.90 bits per heavy atom. The highest BCUT2D eigenvalue weighted by molar-refractivity contribution is 5.77. The maximum Gasteiger partial charge on any atom is 0.173 e. The lowest BCUT2D eigenvalue weighted by Crippen LogP contribution is -2.23. The minimum absolute atomic E-state index is 0.0858. The molecule has 21 heavy (non-hydrogen) atoms. The predicted octanol–water partition coefficient (Wildman–Crippen LogP) is 4.54. The third-order valence-electron chi connectivity index (χ3n) is 3.96. The van der Waals surface area contributed by atoms with Crippen molar-refractivity contribution in [3.05, 3.63) is 59.9 Å². The van der Waals surface area contributed by atoms with Crippen molar-refractivity contribution >= 4 is 16.7 Å². The second-order valence-electron chi connectivity index (χ2n) is 5.36. The Kier molecular flexibility index (Phi) is 2.85. The lowest BCUT2D eigenvalue weighted by Gasteiger charge is -2.26. The van der Waals surface area contributed by atoms with Crippen LogP contribution in [0.15, 0.2) is 52.9 Å². The van der Waals surface area contributed by atoms with E-state index in [0.717, 1.165) is 41.1 Å². The van der Waals surface area contributed by atoms with E-state index in [1.165, 1.54) is 5.56 Å². The number of hydrogen-bond acceptors (Lipinski definition) is 3. The molecular weight excluding hydrogens is 262 g/mol. The van der Waals surface area contributed by atoms with Crippen LogP contribution in [0.5, 0.6) is 5.75 Å². The Morgan fingerprint density at radius 1 is 1.14 bits per heavy atom. The van der Waals surface area contributed by atoms with Gasteiger partial charge in [0.25, 0.3) is 0 Å². The highest BCUT2D eigenvalue weighted by Gasteiger charge is 2.24. The summed E-state index contributed by atoms with van der Waals surface area (Å²) in [6, 6.07) is 16.4. The molecule has 4 rings (SSSR count). The number of anilines is 1. The molecule has 2 aromatic carbocycles. The number of furan rings is 1. The molecule has 106 valence electrons. The van der Waals surface area contributed by atoms with Crippen molar-refractivity contribution in [3.63, 3.8) is 0 Å². The summed E-state index contributed by atoms with van der Waals surface area (Å²) >= 11 is 0. The summed E-state index contributed by atoms with van der Waals surface area (Å²) in [4.78, 5) is 0. The fourth-order valence-electron chi connectivity index (χ4n) is 2.76. The lowest BCUT2D eigenvalue weighted by atomic mass is 10.1. The van der Waals surface area contributed by atoms with E-state index in [9.17, 15) is 0 Å². The van der Waals surface area contributed by atoms with Gasteiger partial charge in [-0.3, -0.25) is 0 Å². The molecule has 0 saturated carbocycles. The molecule has 0 spiro atoms. The smallest absolute Gasteiger partial charge is 0.173 e. The number of rotatable bonds is 2. The summed E-state index contributed by atoms with van der Waals surface area (Å²) in [7, 11) is 0. The fraction of sp³-hybridized carbons (Fsp3) is 0.222. The normalized spacial score (nSPS) is 17.1. The number of para-hydroxylation sites is 1. The molecule has 1 unspecified atom stereocenters. The van der Waals surface area contributed by atoms with Gasteiger partial charge in [0.15, 0.2) is 6.10 Å². The maximum atomic E-state index is 6.09. The molecule has 1 atom stereocenters. The SMILES string of the molecule is CCc1ccc2c(c1)NCC(c1cc3ccccc3o1)O2. The molecule has 1 aromatic heterocycles. The van der Waals surface area contributed by atoms with Crippen molar-refractivity contribution in [3.8, 4) is 5.75 Å². The first-order valence-corrected chi connectivity index (χ1v) is 7.35. The van der Waals surface area contributed by atoms with E-state index in [4.69, 9.17) is 9.15 Å². The molecule has 1 N–H and O–H groups in total. The second-order valence-corrected chi connectivity index (χ2v) is 5.36. The van der Waals surface area contributed by atoms with Gasteiger partial charge < -0.3 is 14.5 Å². The van der Waals surface area contributed by atoms with Gasteiger partial charge in [-0.15, -0.1) is 0 Å². The van der Waals surface area contributed by atoms with Crippen LogP contribution in [0.3, 0.4) is 0 Å². The number of aryl methyl sites for hydroxylation is 1. The van der Waals surface area contributed by atoms with E-state index < -0.39 is 0 Å². The van der Waals surface area contributed by atoms with Gasteiger partial charge in [-0.1, -0.05) is 31.2 Å². The van der Waals surface area contributed by atoms with Crippen molar-refractivity contribution in [1.29, 1.82) is 0 Å². The summed E-state index contributed by atoms with van der Waals surface area (Å²) in [6.45, 7) is 2.88. The van der Waals surface area contributed by atoms with Crippen LogP contribution < -0.4 is 10.1 Å². The average molecular weight is 279 g/mol. The van der Waals surface area contributed by atoms with Crippen LogP contribution in [0.2, 0.25) is 0 Å². The van der Waals surface area contributed by atoms with Crippen molar-refractivity contribution in [2.45, 2.75) is 19.4 Å². The van der Waals surface area contributed by atoms with Crippen LogP contribution in [-0.2, 0) is 6.42 Å². The minimum Gasteiger partial charge on any atom is -0.478 e. The van der Waals surface area contributed by atoms with Crippen molar-refractivity contribution < 1.29 is 9.15 Å². The Balaban J connectivity index is 1.65. The molecule has 0 bridgehead atoms. The number of hydrogen-bond donors (Lipinski definition) is 1. The Hall–Kier alpha value is -2.42. The third-order valence-corrected chi connectivity index (χ3v) is 3.96. The lowest BCUT2D eigenvalue weighted by molar-refractivity contribution is 0.183. The molecular formula is C18H17NO2. The standard InChI is InChI=1S/C18H17NO2/c1-2-12-7-8-16-14(9-12)19-11-18(21-16)17-10-13-5-3-4-6-15(13)20-17/h3-10,18-19H,2,11H2,1H3. The maximum absolute atomic E-state index is 6.09. The molecule has 3 heteroatoms. The molecule has 0 amide bonds. The van der Waals surface area contributed by atoms with Crippen LogP contribution in [-0.4, -0.2) is 6.54 Å². The first kappa shape index (κ1) is 12.3. The highest BCUT2D eigenvalue weighted by atomic mass is 16.5. The Bertz CT molecular complexity index is 758. The van der Waals surface area contributed by atoms with Crippen LogP contribution in [0.4, 0.5) is 5.69 Å². The Labute approximate surface area is 123 Å². The van der Waals surface area contributed by atoms with E-state index in [1.54, 1.807) is 0 Å². The van der Waals surface area contributed by atoms with Crippen molar-refractivity contribution in [1.82, 2.24) is 0 Å². The quantitative estimate of drug-likeness (QED) is 0.747. The summed E-state index contributed by atoms with van der Waals surface area (Å²) in [6.07, 6.45) is 0.944. The van der Waals surface area contributed by atoms with E-state index in [2.05, 4.69) is 36.5 Å². The van der Waals surface area contributed by atoms with Crippen LogP contribution in [0, 0.1) is 0 Å². The first-order chi connectivity index (χ1) is 10.3. The zero-order valence-electron chi connectivity index (χ0n) is 11.9. The number of nitrogens with one attached hydrogen (secondary N) is 1. The van der Waals surface area contributed by atoms with Gasteiger partial charge in [-0.2, -0.15) is 0 Å². The predicted molar refractivity (Wildman–Crippen MR) is 83.9 cm³/mol. The van der Waals surface area contributed by atoms with Gasteiger partial charge in [0.1, 0.15) is 17.1 Å². The average Bonchev–Trinajstić information content (AvgIpc) is 2.98. The van der Waals surface area contributed by atoms with Gasteiger partial charge >= 0.3 is 0 Å². The van der Waals surface area contributed by atoms with E-state index in [0.29, 0.717) is 0 Å². The fourth-order valence-corrected chi connectivity index (χ4v) is 2.76. The Morgan fingerprint density at radius 2 is 2.05 bits per heavy atom. The molecule has 0 fully saturated rings. The highest BCUT2D eigenvalue weighted by Crippen LogP contribution is 2.36. The zero-order chi connectivity index (χ0) is 14.2. The molecule has 0 aliphatic carbocycles. The van der Waals surface area contributed by atoms with Gasteiger partial charge in [0, 0.05) is 5.39 Å². The zero-order valence-corrected chi connectivity index (χ0v) is 11.9. The number of ether oxygens (including phenoxy) is 1. The van der Waals surface area contributed by atoms with Gasteiger partial charge in [-0.25, -0.2) is 0 Å². The topological polar surface area (TPSA) is 34.4 Å². The molecule has 2 heterocycles. The summed E-state index contributed by atoms with van der Waals surface area (Å²) < 4.78 is 12.0. The largest absolute Gasteiger partial charge is 0.478 e. The molecule has 3 nitrogen and oxygen atoms in total. The van der Waals surface area contributed by atoms with Gasteiger partial charge in [0.05, 0.1) is 12.2 Å². The second kappa shape index (κ2) is 4.85. The number of benzene rings is 2. The van der Waals surface area contributed by atoms with Crippen molar-refractivity contribution in [2.75, 3.05) is 11.9 Å². The monoisotopic (exact) mass is 279 g/mol. The summed E-state index contributed by atoms with van der Waals surface area (Å²) in [5.41, 5.74) is 3.29. The van der Waals surface area contributed by atoms with E-state index >= 15 is 0 Å². The number of fused-ring (bicyclic) bond motifs is 2. The van der Waals surface area contributed by atoms with Crippen molar-refractivity contribution in [2.24, 2.45) is 0 Å². The minimum atomic E-state index is -0.0858. The summed E-state index contributed by atoms with van der Waals surface area (Å²) in [5.74, 6) is 1.76.